The van der Waals surface area contributed by atoms with Crippen molar-refractivity contribution < 1.29 is 17.9 Å². The first-order valence-corrected chi connectivity index (χ1v) is 6.84. The van der Waals surface area contributed by atoms with Gasteiger partial charge in [-0.25, -0.2) is 4.98 Å². The maximum Gasteiger partial charge on any atom is 0.406 e. The normalized spacial score (nSPS) is 11.5. The lowest BCUT2D eigenvalue weighted by Crippen LogP contribution is -2.36. The molecule has 0 aliphatic rings. The quantitative estimate of drug-likeness (QED) is 0.745. The van der Waals surface area contributed by atoms with Crippen LogP contribution in [-0.4, -0.2) is 41.2 Å². The van der Waals surface area contributed by atoms with Crippen molar-refractivity contribution in [2.24, 2.45) is 0 Å². The molecule has 0 saturated heterocycles. The molecule has 0 saturated carbocycles. The second-order valence-electron chi connectivity index (χ2n) is 3.81. The Labute approximate surface area is 118 Å². The van der Waals surface area contributed by atoms with E-state index < -0.39 is 12.7 Å². The van der Waals surface area contributed by atoms with Crippen molar-refractivity contribution in [1.29, 1.82) is 0 Å². The molecule has 0 bridgehead atoms. The van der Waals surface area contributed by atoms with Gasteiger partial charge in [0.2, 0.25) is 11.8 Å². The van der Waals surface area contributed by atoms with Gasteiger partial charge in [-0.05, 0) is 13.8 Å². The summed E-state index contributed by atoms with van der Waals surface area (Å²) in [7, 11) is 0. The number of hydrogen-bond donors (Lipinski definition) is 0. The Balaban J connectivity index is 3.00. The molecule has 19 heavy (non-hydrogen) atoms. The van der Waals surface area contributed by atoms with Gasteiger partial charge in [0.15, 0.2) is 0 Å². The first kappa shape index (κ1) is 16.0. The van der Waals surface area contributed by atoms with Crippen LogP contribution in [0.2, 0.25) is 0 Å². The van der Waals surface area contributed by atoms with E-state index in [-0.39, 0.29) is 18.4 Å². The third-order valence-corrected chi connectivity index (χ3v) is 2.47. The van der Waals surface area contributed by atoms with E-state index in [9.17, 15) is 13.2 Å². The van der Waals surface area contributed by atoms with Crippen LogP contribution in [0.25, 0.3) is 0 Å². The third-order valence-electron chi connectivity index (χ3n) is 2.12. The summed E-state index contributed by atoms with van der Waals surface area (Å²) in [5.41, 5.74) is 0.565. The molecule has 1 heterocycles. The van der Waals surface area contributed by atoms with Gasteiger partial charge in [0.05, 0.1) is 6.61 Å². The zero-order valence-corrected chi connectivity index (χ0v) is 12.3. The highest BCUT2D eigenvalue weighted by atomic mass is 79.9. The van der Waals surface area contributed by atoms with Gasteiger partial charge in [0.1, 0.15) is 6.54 Å². The van der Waals surface area contributed by atoms with E-state index in [0.29, 0.717) is 17.6 Å². The second kappa shape index (κ2) is 6.93. The molecule has 1 rings (SSSR count). The number of rotatable bonds is 6. The van der Waals surface area contributed by atoms with Crippen LogP contribution in [0.4, 0.5) is 19.1 Å². The van der Waals surface area contributed by atoms with Crippen molar-refractivity contribution in [3.05, 3.63) is 11.8 Å². The molecular formula is C11H15BrF3N3O. The van der Waals surface area contributed by atoms with E-state index in [4.69, 9.17) is 4.74 Å². The topological polar surface area (TPSA) is 38.2 Å². The fourth-order valence-corrected chi connectivity index (χ4v) is 1.88. The highest BCUT2D eigenvalue weighted by molar-refractivity contribution is 9.09. The predicted octanol–water partition coefficient (Wildman–Crippen LogP) is 2.95. The molecule has 0 aliphatic carbocycles. The van der Waals surface area contributed by atoms with Crippen LogP contribution in [0.5, 0.6) is 5.88 Å². The van der Waals surface area contributed by atoms with Crippen molar-refractivity contribution >= 4 is 21.9 Å². The predicted molar refractivity (Wildman–Crippen MR) is 70.0 cm³/mol. The summed E-state index contributed by atoms with van der Waals surface area (Å²) in [6, 6.07) is 1.59. The van der Waals surface area contributed by atoms with Gasteiger partial charge >= 0.3 is 6.18 Å². The van der Waals surface area contributed by atoms with Gasteiger partial charge in [-0.1, -0.05) is 15.9 Å². The standard InChI is InChI=1S/C11H15BrF3N3O/c1-3-19-9-6-8(2)16-10(17-9)18(5-4-12)7-11(13,14)15/h6H,3-5,7H2,1-2H3. The van der Waals surface area contributed by atoms with Crippen LogP contribution in [0.1, 0.15) is 12.6 Å². The molecular weight excluding hydrogens is 327 g/mol. The van der Waals surface area contributed by atoms with E-state index in [1.54, 1.807) is 19.9 Å². The van der Waals surface area contributed by atoms with Crippen LogP contribution in [-0.2, 0) is 0 Å². The van der Waals surface area contributed by atoms with Gasteiger partial charge < -0.3 is 9.64 Å². The summed E-state index contributed by atoms with van der Waals surface area (Å²) in [4.78, 5) is 9.11. The lowest BCUT2D eigenvalue weighted by molar-refractivity contribution is -0.119. The van der Waals surface area contributed by atoms with Crippen molar-refractivity contribution in [3.8, 4) is 5.88 Å². The molecule has 0 unspecified atom stereocenters. The van der Waals surface area contributed by atoms with E-state index in [0.717, 1.165) is 4.90 Å². The smallest absolute Gasteiger partial charge is 0.406 e. The number of nitrogens with zero attached hydrogens (tertiary/aromatic N) is 3. The Kier molecular flexibility index (Phi) is 5.84. The molecule has 0 amide bonds. The molecule has 0 spiro atoms. The zero-order chi connectivity index (χ0) is 14.5. The highest BCUT2D eigenvalue weighted by Gasteiger charge is 2.31. The minimum Gasteiger partial charge on any atom is -0.478 e. The minimum absolute atomic E-state index is 0.0280. The van der Waals surface area contributed by atoms with Crippen molar-refractivity contribution in [1.82, 2.24) is 9.97 Å². The van der Waals surface area contributed by atoms with E-state index in [1.165, 1.54) is 0 Å². The number of hydrogen-bond acceptors (Lipinski definition) is 4. The van der Waals surface area contributed by atoms with E-state index in [2.05, 4.69) is 25.9 Å². The second-order valence-corrected chi connectivity index (χ2v) is 4.60. The molecule has 0 aliphatic heterocycles. The summed E-state index contributed by atoms with van der Waals surface area (Å²) in [5.74, 6) is 0.312. The fourth-order valence-electron chi connectivity index (χ4n) is 1.46. The zero-order valence-electron chi connectivity index (χ0n) is 10.7. The number of ether oxygens (including phenoxy) is 1. The number of alkyl halides is 4. The lowest BCUT2D eigenvalue weighted by Gasteiger charge is -2.23. The Morgan fingerprint density at radius 1 is 1.37 bits per heavy atom. The van der Waals surface area contributed by atoms with Crippen LogP contribution in [0.15, 0.2) is 6.07 Å². The van der Waals surface area contributed by atoms with Crippen LogP contribution in [0.3, 0.4) is 0 Å². The summed E-state index contributed by atoms with van der Waals surface area (Å²) in [6.07, 6.45) is -4.30. The SMILES string of the molecule is CCOc1cc(C)nc(N(CCBr)CC(F)(F)F)n1. The maximum absolute atomic E-state index is 12.5. The lowest BCUT2D eigenvalue weighted by atomic mass is 10.4. The molecule has 0 atom stereocenters. The molecule has 8 heteroatoms. The molecule has 0 N–H and O–H groups in total. The molecule has 0 aromatic carbocycles. The third kappa shape index (κ3) is 5.63. The number of aromatic nitrogens is 2. The highest BCUT2D eigenvalue weighted by Crippen LogP contribution is 2.21. The summed E-state index contributed by atoms with van der Waals surface area (Å²) >= 11 is 3.13. The first-order valence-electron chi connectivity index (χ1n) is 5.72. The molecule has 4 nitrogen and oxygen atoms in total. The first-order chi connectivity index (χ1) is 8.85. The molecule has 108 valence electrons. The van der Waals surface area contributed by atoms with E-state index >= 15 is 0 Å². The van der Waals surface area contributed by atoms with Crippen molar-refractivity contribution in [2.45, 2.75) is 20.0 Å². The summed E-state index contributed by atoms with van der Waals surface area (Å²) < 4.78 is 42.8. The van der Waals surface area contributed by atoms with Gasteiger partial charge in [0, 0.05) is 23.6 Å². The summed E-state index contributed by atoms with van der Waals surface area (Å²) in [5, 5.41) is 0.393. The molecule has 1 aromatic heterocycles. The van der Waals surface area contributed by atoms with Gasteiger partial charge in [-0.3, -0.25) is 0 Å². The number of halogens is 4. The molecule has 0 radical (unpaired) electrons. The Bertz CT molecular complexity index is 415. The number of aryl methyl sites for hydroxylation is 1. The summed E-state index contributed by atoms with van der Waals surface area (Å²) in [6.45, 7) is 2.94. The number of anilines is 1. The van der Waals surface area contributed by atoms with Crippen LogP contribution in [0, 0.1) is 6.92 Å². The average molecular weight is 342 g/mol. The minimum atomic E-state index is -4.30. The van der Waals surface area contributed by atoms with Crippen LogP contribution < -0.4 is 9.64 Å². The van der Waals surface area contributed by atoms with Crippen molar-refractivity contribution in [3.63, 3.8) is 0 Å². The molecule has 0 fully saturated rings. The van der Waals surface area contributed by atoms with Gasteiger partial charge in [-0.2, -0.15) is 18.2 Å². The average Bonchev–Trinajstić information content (AvgIpc) is 2.26. The monoisotopic (exact) mass is 341 g/mol. The van der Waals surface area contributed by atoms with Gasteiger partial charge in [-0.15, -0.1) is 0 Å². The van der Waals surface area contributed by atoms with Crippen LogP contribution >= 0.6 is 15.9 Å². The maximum atomic E-state index is 12.5. The van der Waals surface area contributed by atoms with E-state index in [1.807, 2.05) is 0 Å². The Morgan fingerprint density at radius 3 is 2.58 bits per heavy atom. The Morgan fingerprint density at radius 2 is 2.05 bits per heavy atom. The van der Waals surface area contributed by atoms with Gasteiger partial charge in [0.25, 0.3) is 0 Å². The van der Waals surface area contributed by atoms with Crippen molar-refractivity contribution in [2.75, 3.05) is 29.9 Å². The molecule has 1 aromatic rings. The largest absolute Gasteiger partial charge is 0.478 e. The Hall–Kier alpha value is -1.05. The fraction of sp³-hybridized carbons (Fsp3) is 0.636.